The molecule has 0 spiro atoms. The average molecular weight is 354 g/mol. The first-order valence-electron chi connectivity index (χ1n) is 9.59. The Balaban J connectivity index is 1.23. The lowest BCUT2D eigenvalue weighted by atomic mass is 9.89. The minimum Gasteiger partial charge on any atom is -0.343 e. The maximum Gasteiger partial charge on any atom is 0.248 e. The predicted molar refractivity (Wildman–Crippen MR) is 97.7 cm³/mol. The fourth-order valence-electron chi connectivity index (χ4n) is 3.63. The molecular weight excluding hydrogens is 328 g/mol. The van der Waals surface area contributed by atoms with Gasteiger partial charge in [-0.25, -0.2) is 0 Å². The number of piperidine rings is 1. The molecule has 1 saturated heterocycles. The van der Waals surface area contributed by atoms with Crippen LogP contribution in [0.1, 0.15) is 67.8 Å². The molecule has 1 aromatic carbocycles. The van der Waals surface area contributed by atoms with E-state index < -0.39 is 0 Å². The van der Waals surface area contributed by atoms with Gasteiger partial charge in [0.25, 0.3) is 0 Å². The van der Waals surface area contributed by atoms with Crippen LogP contribution in [-0.4, -0.2) is 40.6 Å². The van der Waals surface area contributed by atoms with Crippen LogP contribution in [0.15, 0.2) is 34.9 Å². The van der Waals surface area contributed by atoms with Crippen molar-refractivity contribution in [1.29, 1.82) is 0 Å². The van der Waals surface area contributed by atoms with Crippen LogP contribution in [0.4, 0.5) is 0 Å². The lowest BCUT2D eigenvalue weighted by Gasteiger charge is -2.31. The van der Waals surface area contributed by atoms with Crippen LogP contribution >= 0.6 is 0 Å². The average Bonchev–Trinajstić information content (AvgIpc) is 3.39. The fraction of sp³-hybridized carbons (Fsp3) is 0.550. The Morgan fingerprint density at radius 3 is 2.62 bits per heavy atom. The minimum atomic E-state index is -0.246. The number of nitrogens with one attached hydrogen (secondary N) is 1. The number of hydrogen-bond acceptors (Lipinski definition) is 5. The van der Waals surface area contributed by atoms with Crippen molar-refractivity contribution in [2.45, 2.75) is 50.5 Å². The van der Waals surface area contributed by atoms with Crippen molar-refractivity contribution in [3.63, 3.8) is 0 Å². The van der Waals surface area contributed by atoms with E-state index in [-0.39, 0.29) is 11.9 Å². The molecule has 6 heteroatoms. The second-order valence-electron chi connectivity index (χ2n) is 7.52. The summed E-state index contributed by atoms with van der Waals surface area (Å²) in [6.07, 6.45) is 4.47. The molecule has 2 aromatic rings. The van der Waals surface area contributed by atoms with E-state index in [2.05, 4.69) is 50.7 Å². The molecule has 1 saturated carbocycles. The molecule has 1 atom stereocenters. The molecule has 0 bridgehead atoms. The van der Waals surface area contributed by atoms with Gasteiger partial charge in [0.1, 0.15) is 6.04 Å². The first-order valence-corrected chi connectivity index (χ1v) is 9.59. The monoisotopic (exact) mass is 354 g/mol. The Morgan fingerprint density at radius 2 is 1.92 bits per heavy atom. The Bertz CT molecular complexity index is 733. The first kappa shape index (κ1) is 17.2. The number of nitrogens with zero attached hydrogens (tertiary/aromatic N) is 3. The topological polar surface area (TPSA) is 71.3 Å². The molecule has 138 valence electrons. The molecular formula is C20H26N4O2. The van der Waals surface area contributed by atoms with Gasteiger partial charge in [0, 0.05) is 5.92 Å². The zero-order valence-electron chi connectivity index (χ0n) is 15.2. The van der Waals surface area contributed by atoms with Crippen LogP contribution in [0.5, 0.6) is 0 Å². The second-order valence-corrected chi connectivity index (χ2v) is 7.52. The molecule has 2 fully saturated rings. The van der Waals surface area contributed by atoms with Gasteiger partial charge in [0.2, 0.25) is 11.8 Å². The van der Waals surface area contributed by atoms with Gasteiger partial charge in [-0.2, -0.15) is 4.98 Å². The number of rotatable bonds is 6. The van der Waals surface area contributed by atoms with Gasteiger partial charge in [-0.1, -0.05) is 35.5 Å². The molecule has 0 radical (unpaired) electrons. The molecule has 4 rings (SSSR count). The highest BCUT2D eigenvalue weighted by atomic mass is 16.5. The van der Waals surface area contributed by atoms with Crippen molar-refractivity contribution < 1.29 is 9.32 Å². The van der Waals surface area contributed by atoms with Crippen LogP contribution in [0.25, 0.3) is 0 Å². The summed E-state index contributed by atoms with van der Waals surface area (Å²) >= 11 is 0. The lowest BCUT2D eigenvalue weighted by molar-refractivity contribution is -0.123. The standard InChI is InChI=1S/C20H26N4O2/c1-14(20-22-19(23-26-20)17-7-8-17)21-18(25)13-24-11-9-16(10-12-24)15-5-3-2-4-6-15/h2-6,14,16-17H,7-13H2,1H3,(H,21,25)/t14-/m1/s1. The summed E-state index contributed by atoms with van der Waals surface area (Å²) in [5.74, 6) is 2.36. The van der Waals surface area contributed by atoms with Crippen molar-refractivity contribution >= 4 is 5.91 Å². The Hall–Kier alpha value is -2.21. The van der Waals surface area contributed by atoms with E-state index >= 15 is 0 Å². The van der Waals surface area contributed by atoms with Crippen LogP contribution < -0.4 is 5.32 Å². The van der Waals surface area contributed by atoms with E-state index in [1.807, 2.05) is 6.92 Å². The SMILES string of the molecule is C[C@@H](NC(=O)CN1CCC(c2ccccc2)CC1)c1nc(C2CC2)no1. The number of amides is 1. The number of benzene rings is 1. The van der Waals surface area contributed by atoms with Gasteiger partial charge in [-0.15, -0.1) is 0 Å². The molecule has 0 unspecified atom stereocenters. The molecule has 2 heterocycles. The first-order chi connectivity index (χ1) is 12.7. The number of aromatic nitrogens is 2. The molecule has 26 heavy (non-hydrogen) atoms. The maximum atomic E-state index is 12.4. The molecule has 1 N–H and O–H groups in total. The summed E-state index contributed by atoms with van der Waals surface area (Å²) in [6, 6.07) is 10.4. The van der Waals surface area contributed by atoms with Crippen LogP contribution in [0.3, 0.4) is 0 Å². The van der Waals surface area contributed by atoms with E-state index in [0.29, 0.717) is 24.3 Å². The van der Waals surface area contributed by atoms with Crippen molar-refractivity contribution in [2.75, 3.05) is 19.6 Å². The van der Waals surface area contributed by atoms with Gasteiger partial charge in [-0.3, -0.25) is 9.69 Å². The zero-order chi connectivity index (χ0) is 17.9. The van der Waals surface area contributed by atoms with E-state index in [1.54, 1.807) is 0 Å². The quantitative estimate of drug-likeness (QED) is 0.863. The van der Waals surface area contributed by atoms with Crippen molar-refractivity contribution in [2.24, 2.45) is 0 Å². The van der Waals surface area contributed by atoms with Gasteiger partial charge >= 0.3 is 0 Å². The summed E-state index contributed by atoms with van der Waals surface area (Å²) in [5.41, 5.74) is 1.41. The third-order valence-corrected chi connectivity index (χ3v) is 5.37. The largest absolute Gasteiger partial charge is 0.343 e. The minimum absolute atomic E-state index is 0.0156. The molecule has 6 nitrogen and oxygen atoms in total. The van der Waals surface area contributed by atoms with E-state index in [4.69, 9.17) is 4.52 Å². The summed E-state index contributed by atoms with van der Waals surface area (Å²) in [5, 5.41) is 6.99. The fourth-order valence-corrected chi connectivity index (χ4v) is 3.63. The van der Waals surface area contributed by atoms with Gasteiger partial charge < -0.3 is 9.84 Å². The van der Waals surface area contributed by atoms with Crippen molar-refractivity contribution in [3.8, 4) is 0 Å². The predicted octanol–water partition coefficient (Wildman–Crippen LogP) is 3.00. The smallest absolute Gasteiger partial charge is 0.248 e. The van der Waals surface area contributed by atoms with Gasteiger partial charge in [0.05, 0.1) is 6.54 Å². The highest BCUT2D eigenvalue weighted by molar-refractivity contribution is 5.78. The number of likely N-dealkylation sites (tertiary alicyclic amines) is 1. The Kier molecular flexibility index (Phi) is 5.02. The molecule has 2 aliphatic rings. The summed E-state index contributed by atoms with van der Waals surface area (Å²) in [6.45, 7) is 4.22. The molecule has 1 aliphatic heterocycles. The zero-order valence-corrected chi connectivity index (χ0v) is 15.2. The third kappa shape index (κ3) is 4.12. The number of carbonyl (C=O) groups excluding carboxylic acids is 1. The second kappa shape index (κ2) is 7.58. The van der Waals surface area contributed by atoms with E-state index in [1.165, 1.54) is 5.56 Å². The highest BCUT2D eigenvalue weighted by Gasteiger charge is 2.30. The van der Waals surface area contributed by atoms with Crippen molar-refractivity contribution in [3.05, 3.63) is 47.6 Å². The van der Waals surface area contributed by atoms with Gasteiger partial charge in [-0.05, 0) is 57.2 Å². The highest BCUT2D eigenvalue weighted by Crippen LogP contribution is 2.38. The Labute approximate surface area is 154 Å². The number of hydrogen-bond donors (Lipinski definition) is 1. The summed E-state index contributed by atoms with van der Waals surface area (Å²) in [4.78, 5) is 19.0. The molecule has 1 aromatic heterocycles. The summed E-state index contributed by atoms with van der Waals surface area (Å²) < 4.78 is 5.29. The number of carbonyl (C=O) groups is 1. The van der Waals surface area contributed by atoms with Crippen LogP contribution in [0, 0.1) is 0 Å². The van der Waals surface area contributed by atoms with E-state index in [0.717, 1.165) is 44.6 Å². The normalized spacial score (nSPS) is 20.0. The molecule has 1 amide bonds. The maximum absolute atomic E-state index is 12.4. The van der Waals surface area contributed by atoms with Gasteiger partial charge in [0.15, 0.2) is 5.82 Å². The van der Waals surface area contributed by atoms with Crippen LogP contribution in [-0.2, 0) is 4.79 Å². The molecule has 1 aliphatic carbocycles. The lowest BCUT2D eigenvalue weighted by Crippen LogP contribution is -2.41. The van der Waals surface area contributed by atoms with Crippen LogP contribution in [0.2, 0.25) is 0 Å². The third-order valence-electron chi connectivity index (χ3n) is 5.37. The van der Waals surface area contributed by atoms with E-state index in [9.17, 15) is 4.79 Å². The Morgan fingerprint density at radius 1 is 1.19 bits per heavy atom. The van der Waals surface area contributed by atoms with Crippen molar-refractivity contribution in [1.82, 2.24) is 20.4 Å². The summed E-state index contributed by atoms with van der Waals surface area (Å²) in [7, 11) is 0.